The van der Waals surface area contributed by atoms with Crippen molar-refractivity contribution in [1.29, 1.82) is 0 Å². The number of methoxy groups -OCH3 is 1. The van der Waals surface area contributed by atoms with Crippen molar-refractivity contribution in [3.63, 3.8) is 0 Å². The van der Waals surface area contributed by atoms with Crippen LogP contribution in [-0.4, -0.2) is 22.9 Å². The average Bonchev–Trinajstić information content (AvgIpc) is 2.53. The fraction of sp³-hybridized carbons (Fsp3) is 0.0625. The molecule has 0 aliphatic heterocycles. The second kappa shape index (κ2) is 5.09. The second-order valence-electron chi connectivity index (χ2n) is 4.29. The molecule has 1 aromatic heterocycles. The maximum absolute atomic E-state index is 12.6. The van der Waals surface area contributed by atoms with Gasteiger partial charge in [-0.3, -0.25) is 14.8 Å². The van der Waals surface area contributed by atoms with Crippen LogP contribution in [0.3, 0.4) is 0 Å². The molecule has 0 unspecified atom stereocenters. The zero-order valence-corrected chi connectivity index (χ0v) is 10.9. The van der Waals surface area contributed by atoms with Crippen molar-refractivity contribution in [3.05, 3.63) is 66.0 Å². The van der Waals surface area contributed by atoms with Gasteiger partial charge in [0.25, 0.3) is 0 Å². The minimum atomic E-state index is -0.0880. The molecule has 0 spiro atoms. The van der Waals surface area contributed by atoms with Crippen molar-refractivity contribution >= 4 is 16.8 Å². The third-order valence-corrected chi connectivity index (χ3v) is 3.08. The number of rotatable bonds is 3. The summed E-state index contributed by atoms with van der Waals surface area (Å²) in [6.07, 6.45) is 3.20. The predicted octanol–water partition coefficient (Wildman–Crippen LogP) is 2.87. The number of hydrogen-bond donors (Lipinski definition) is 0. The van der Waals surface area contributed by atoms with E-state index in [1.807, 2.05) is 12.1 Å². The zero-order chi connectivity index (χ0) is 13.9. The van der Waals surface area contributed by atoms with Crippen LogP contribution in [0.15, 0.2) is 54.9 Å². The molecule has 0 aliphatic carbocycles. The molecular weight excluding hydrogens is 252 g/mol. The van der Waals surface area contributed by atoms with Crippen molar-refractivity contribution in [2.24, 2.45) is 0 Å². The lowest BCUT2D eigenvalue weighted by Gasteiger charge is -2.06. The smallest absolute Gasteiger partial charge is 0.195 e. The van der Waals surface area contributed by atoms with Gasteiger partial charge in [0.1, 0.15) is 5.75 Å². The number of ketones is 1. The summed E-state index contributed by atoms with van der Waals surface area (Å²) >= 11 is 0. The number of carbonyl (C=O) groups is 1. The largest absolute Gasteiger partial charge is 0.497 e. The molecule has 0 amide bonds. The minimum absolute atomic E-state index is 0.0880. The van der Waals surface area contributed by atoms with E-state index in [-0.39, 0.29) is 5.78 Å². The van der Waals surface area contributed by atoms with Gasteiger partial charge < -0.3 is 4.74 Å². The van der Waals surface area contributed by atoms with Gasteiger partial charge in [-0.1, -0.05) is 18.2 Å². The lowest BCUT2D eigenvalue weighted by molar-refractivity contribution is 0.104. The van der Waals surface area contributed by atoms with E-state index in [2.05, 4.69) is 9.97 Å². The molecule has 3 aromatic rings. The number of para-hydroxylation sites is 1. The predicted molar refractivity (Wildman–Crippen MR) is 76.0 cm³/mol. The van der Waals surface area contributed by atoms with Gasteiger partial charge in [-0.15, -0.1) is 0 Å². The summed E-state index contributed by atoms with van der Waals surface area (Å²) in [5.41, 5.74) is 2.44. The maximum Gasteiger partial charge on any atom is 0.195 e. The van der Waals surface area contributed by atoms with Crippen LogP contribution in [0.2, 0.25) is 0 Å². The van der Waals surface area contributed by atoms with Crippen molar-refractivity contribution in [2.75, 3.05) is 7.11 Å². The third kappa shape index (κ3) is 2.12. The van der Waals surface area contributed by atoms with Crippen LogP contribution in [0, 0.1) is 0 Å². The Balaban J connectivity index is 2.12. The van der Waals surface area contributed by atoms with E-state index in [0.29, 0.717) is 27.9 Å². The van der Waals surface area contributed by atoms with E-state index in [1.165, 1.54) is 0 Å². The molecule has 0 aliphatic rings. The molecule has 0 radical (unpaired) electrons. The van der Waals surface area contributed by atoms with Crippen LogP contribution in [0.25, 0.3) is 11.0 Å². The highest BCUT2D eigenvalue weighted by Gasteiger charge is 2.14. The lowest BCUT2D eigenvalue weighted by Crippen LogP contribution is -2.03. The molecule has 0 N–H and O–H groups in total. The van der Waals surface area contributed by atoms with Crippen molar-refractivity contribution < 1.29 is 9.53 Å². The Labute approximate surface area is 116 Å². The first-order chi connectivity index (χ1) is 9.79. The Morgan fingerprint density at radius 3 is 2.70 bits per heavy atom. The molecule has 4 nitrogen and oxygen atoms in total. The molecule has 3 rings (SSSR count). The number of ether oxygens (including phenoxy) is 1. The van der Waals surface area contributed by atoms with E-state index in [4.69, 9.17) is 4.74 Å². The van der Waals surface area contributed by atoms with Crippen LogP contribution in [-0.2, 0) is 0 Å². The van der Waals surface area contributed by atoms with Crippen LogP contribution in [0.4, 0.5) is 0 Å². The van der Waals surface area contributed by atoms with Gasteiger partial charge in [0.05, 0.1) is 23.7 Å². The standard InChI is InChI=1S/C16H12N2O2/c1-20-12-5-2-4-11(10-12)16(19)13-6-3-7-14-15(13)18-9-8-17-14/h2-10H,1H3. The van der Waals surface area contributed by atoms with E-state index in [9.17, 15) is 4.79 Å². The Kier molecular flexibility index (Phi) is 3.13. The lowest BCUT2D eigenvalue weighted by atomic mass is 10.0. The number of nitrogens with zero attached hydrogens (tertiary/aromatic N) is 2. The highest BCUT2D eigenvalue weighted by atomic mass is 16.5. The summed E-state index contributed by atoms with van der Waals surface area (Å²) in [4.78, 5) is 21.1. The summed E-state index contributed by atoms with van der Waals surface area (Å²) in [7, 11) is 1.58. The zero-order valence-electron chi connectivity index (χ0n) is 10.9. The summed E-state index contributed by atoms with van der Waals surface area (Å²) in [5, 5.41) is 0. The first-order valence-electron chi connectivity index (χ1n) is 6.18. The first kappa shape index (κ1) is 12.3. The summed E-state index contributed by atoms with van der Waals surface area (Å²) in [6, 6.07) is 12.5. The number of hydrogen-bond acceptors (Lipinski definition) is 4. The molecule has 20 heavy (non-hydrogen) atoms. The van der Waals surface area contributed by atoms with Gasteiger partial charge in [-0.2, -0.15) is 0 Å². The molecule has 4 heteroatoms. The Hall–Kier alpha value is -2.75. The van der Waals surface area contributed by atoms with Crippen LogP contribution in [0.5, 0.6) is 5.75 Å². The van der Waals surface area contributed by atoms with Crippen molar-refractivity contribution in [2.45, 2.75) is 0 Å². The molecule has 0 bridgehead atoms. The Morgan fingerprint density at radius 1 is 1.05 bits per heavy atom. The van der Waals surface area contributed by atoms with Crippen molar-refractivity contribution in [1.82, 2.24) is 9.97 Å². The molecule has 2 aromatic carbocycles. The van der Waals surface area contributed by atoms with Gasteiger partial charge in [0, 0.05) is 18.0 Å². The number of benzene rings is 2. The quantitative estimate of drug-likeness (QED) is 0.682. The van der Waals surface area contributed by atoms with Crippen LogP contribution >= 0.6 is 0 Å². The fourth-order valence-corrected chi connectivity index (χ4v) is 2.10. The SMILES string of the molecule is COc1cccc(C(=O)c2cccc3nccnc23)c1. The molecule has 98 valence electrons. The average molecular weight is 264 g/mol. The van der Waals surface area contributed by atoms with Gasteiger partial charge in [0.2, 0.25) is 0 Å². The van der Waals surface area contributed by atoms with Gasteiger partial charge >= 0.3 is 0 Å². The normalized spacial score (nSPS) is 10.4. The molecule has 1 heterocycles. The van der Waals surface area contributed by atoms with Crippen LogP contribution < -0.4 is 4.74 Å². The monoisotopic (exact) mass is 264 g/mol. The molecule has 0 saturated heterocycles. The van der Waals surface area contributed by atoms with E-state index in [1.54, 1.807) is 49.8 Å². The van der Waals surface area contributed by atoms with E-state index in [0.717, 1.165) is 0 Å². The summed E-state index contributed by atoms with van der Waals surface area (Å²) in [5.74, 6) is 0.567. The van der Waals surface area contributed by atoms with Gasteiger partial charge in [-0.25, -0.2) is 0 Å². The highest BCUT2D eigenvalue weighted by Crippen LogP contribution is 2.20. The number of fused-ring (bicyclic) bond motifs is 1. The molecular formula is C16H12N2O2. The molecule has 0 atom stereocenters. The fourth-order valence-electron chi connectivity index (χ4n) is 2.10. The van der Waals surface area contributed by atoms with Crippen molar-refractivity contribution in [3.8, 4) is 5.75 Å². The number of aromatic nitrogens is 2. The molecule has 0 saturated carbocycles. The summed E-state index contributed by atoms with van der Waals surface area (Å²) in [6.45, 7) is 0. The maximum atomic E-state index is 12.6. The topological polar surface area (TPSA) is 52.1 Å². The second-order valence-corrected chi connectivity index (χ2v) is 4.29. The van der Waals surface area contributed by atoms with E-state index < -0.39 is 0 Å². The van der Waals surface area contributed by atoms with Gasteiger partial charge in [-0.05, 0) is 24.3 Å². The van der Waals surface area contributed by atoms with Crippen LogP contribution in [0.1, 0.15) is 15.9 Å². The minimum Gasteiger partial charge on any atom is -0.497 e. The first-order valence-corrected chi connectivity index (χ1v) is 6.18. The Morgan fingerprint density at radius 2 is 1.85 bits per heavy atom. The third-order valence-electron chi connectivity index (χ3n) is 3.08. The van der Waals surface area contributed by atoms with Gasteiger partial charge in [0.15, 0.2) is 5.78 Å². The highest BCUT2D eigenvalue weighted by molar-refractivity contribution is 6.15. The number of carbonyl (C=O) groups excluding carboxylic acids is 1. The summed E-state index contributed by atoms with van der Waals surface area (Å²) < 4.78 is 5.15. The molecule has 0 fully saturated rings. The Bertz CT molecular complexity index is 779. The van der Waals surface area contributed by atoms with E-state index >= 15 is 0 Å².